The molecule has 0 atom stereocenters. The number of halogens is 2. The van der Waals surface area contributed by atoms with Gasteiger partial charge in [-0.1, -0.05) is 6.07 Å². The number of carbonyl (C=O) groups is 1. The number of amides is 1. The summed E-state index contributed by atoms with van der Waals surface area (Å²) in [5.41, 5.74) is 3.55. The second kappa shape index (κ2) is 8.23. The average Bonchev–Trinajstić information content (AvgIpc) is 3.27. The van der Waals surface area contributed by atoms with E-state index in [1.807, 2.05) is 17.0 Å². The van der Waals surface area contributed by atoms with E-state index in [1.165, 1.54) is 0 Å². The van der Waals surface area contributed by atoms with Crippen molar-refractivity contribution >= 4 is 28.3 Å². The number of carbonyl (C=O) groups excluding carboxylic acids is 1. The highest BCUT2D eigenvalue weighted by atomic mass is 19.3. The van der Waals surface area contributed by atoms with E-state index in [0.29, 0.717) is 34.7 Å². The van der Waals surface area contributed by atoms with Crippen LogP contribution in [0.2, 0.25) is 0 Å². The summed E-state index contributed by atoms with van der Waals surface area (Å²) >= 11 is 0. The van der Waals surface area contributed by atoms with Crippen LogP contribution in [0.5, 0.6) is 0 Å². The molecule has 33 heavy (non-hydrogen) atoms. The Morgan fingerprint density at radius 2 is 2.09 bits per heavy atom. The molecule has 5 rings (SSSR count). The maximum atomic E-state index is 14.2. The van der Waals surface area contributed by atoms with Crippen LogP contribution in [0.25, 0.3) is 22.0 Å². The molecule has 7 nitrogen and oxygen atoms in total. The summed E-state index contributed by atoms with van der Waals surface area (Å²) in [6, 6.07) is 8.72. The molecule has 9 heteroatoms. The highest BCUT2D eigenvalue weighted by molar-refractivity contribution is 6.00. The van der Waals surface area contributed by atoms with Gasteiger partial charge < -0.3 is 10.2 Å². The van der Waals surface area contributed by atoms with E-state index in [-0.39, 0.29) is 17.2 Å². The number of benzene rings is 1. The summed E-state index contributed by atoms with van der Waals surface area (Å²) in [4.78, 5) is 23.4. The number of fused-ring (bicyclic) bond motifs is 2. The van der Waals surface area contributed by atoms with Gasteiger partial charge in [-0.2, -0.15) is 5.10 Å². The number of anilines is 2. The van der Waals surface area contributed by atoms with Crippen LogP contribution in [-0.2, 0) is 13.5 Å². The molecule has 4 heterocycles. The Bertz CT molecular complexity index is 1370. The van der Waals surface area contributed by atoms with Crippen molar-refractivity contribution in [1.82, 2.24) is 25.1 Å². The zero-order valence-electron chi connectivity index (χ0n) is 18.2. The minimum Gasteiger partial charge on any atom is -0.354 e. The van der Waals surface area contributed by atoms with E-state index in [9.17, 15) is 13.6 Å². The Morgan fingerprint density at radius 1 is 1.24 bits per heavy atom. The Morgan fingerprint density at radius 3 is 2.82 bits per heavy atom. The van der Waals surface area contributed by atoms with Crippen molar-refractivity contribution in [3.05, 3.63) is 65.7 Å². The number of hydrogen-bond acceptors (Lipinski definition) is 5. The highest BCUT2D eigenvalue weighted by Gasteiger charge is 2.27. The number of pyridine rings is 2. The highest BCUT2D eigenvalue weighted by Crippen LogP contribution is 2.42. The number of rotatable bonds is 4. The van der Waals surface area contributed by atoms with Crippen molar-refractivity contribution in [2.45, 2.75) is 19.3 Å². The van der Waals surface area contributed by atoms with Gasteiger partial charge in [-0.3, -0.25) is 14.5 Å². The smallest absolute Gasteiger partial charge is 0.269 e. The third kappa shape index (κ3) is 3.69. The van der Waals surface area contributed by atoms with Crippen LogP contribution in [0.1, 0.15) is 34.5 Å². The lowest BCUT2D eigenvalue weighted by atomic mass is 9.93. The van der Waals surface area contributed by atoms with Gasteiger partial charge in [-0.25, -0.2) is 13.8 Å². The molecular weight excluding hydrogens is 426 g/mol. The van der Waals surface area contributed by atoms with Gasteiger partial charge in [-0.15, -0.1) is 0 Å². The lowest BCUT2D eigenvalue weighted by Gasteiger charge is -2.32. The molecule has 0 fully saturated rings. The number of aromatic nitrogens is 4. The largest absolute Gasteiger partial charge is 0.354 e. The van der Waals surface area contributed by atoms with Gasteiger partial charge in [0.05, 0.1) is 6.20 Å². The number of alkyl halides is 2. The Hall–Kier alpha value is -3.88. The summed E-state index contributed by atoms with van der Waals surface area (Å²) in [6.07, 6.45) is 3.90. The van der Waals surface area contributed by atoms with Crippen molar-refractivity contribution in [3.8, 4) is 11.1 Å². The van der Waals surface area contributed by atoms with Gasteiger partial charge in [-0.05, 0) is 48.2 Å². The maximum absolute atomic E-state index is 14.2. The van der Waals surface area contributed by atoms with E-state index >= 15 is 0 Å². The lowest BCUT2D eigenvalue weighted by molar-refractivity contribution is 0.0958. The Labute approximate surface area is 189 Å². The number of hydrogen-bond donors (Lipinski definition) is 1. The molecule has 0 saturated heterocycles. The van der Waals surface area contributed by atoms with Crippen molar-refractivity contribution < 1.29 is 13.6 Å². The average molecular weight is 448 g/mol. The molecular formula is C24H22F2N6O. The molecule has 3 aromatic heterocycles. The van der Waals surface area contributed by atoms with Gasteiger partial charge in [0, 0.05) is 55.2 Å². The first-order valence-corrected chi connectivity index (χ1v) is 10.7. The van der Waals surface area contributed by atoms with E-state index in [4.69, 9.17) is 0 Å². The first-order valence-electron chi connectivity index (χ1n) is 10.7. The van der Waals surface area contributed by atoms with Crippen LogP contribution >= 0.6 is 0 Å². The Kier molecular flexibility index (Phi) is 5.24. The van der Waals surface area contributed by atoms with E-state index in [2.05, 4.69) is 20.4 Å². The SMILES string of the molecule is CNC(=O)c1cc2cccnc2c(N2CCCc3cc(-c4cnn(C)c4)c(C(F)F)cc32)n1. The van der Waals surface area contributed by atoms with Crippen LogP contribution in [0.3, 0.4) is 0 Å². The Balaban J connectivity index is 1.71. The molecule has 1 amide bonds. The molecule has 1 aliphatic heterocycles. The quantitative estimate of drug-likeness (QED) is 0.501. The zero-order chi connectivity index (χ0) is 23.1. The first-order chi connectivity index (χ1) is 16.0. The second-order valence-corrected chi connectivity index (χ2v) is 8.01. The fourth-order valence-corrected chi connectivity index (χ4v) is 4.36. The molecule has 4 aromatic rings. The molecule has 0 aliphatic carbocycles. The first kappa shape index (κ1) is 21.0. The fraction of sp³-hybridized carbons (Fsp3) is 0.250. The fourth-order valence-electron chi connectivity index (χ4n) is 4.36. The summed E-state index contributed by atoms with van der Waals surface area (Å²) in [6.45, 7) is 0.581. The predicted molar refractivity (Wildman–Crippen MR) is 122 cm³/mol. The molecule has 0 bridgehead atoms. The normalized spacial score (nSPS) is 13.4. The summed E-state index contributed by atoms with van der Waals surface area (Å²) < 4.78 is 29.9. The van der Waals surface area contributed by atoms with Crippen LogP contribution in [-0.4, -0.2) is 39.2 Å². The van der Waals surface area contributed by atoms with Gasteiger partial charge in [0.25, 0.3) is 12.3 Å². The maximum Gasteiger partial charge on any atom is 0.269 e. The monoisotopic (exact) mass is 448 g/mol. The van der Waals surface area contributed by atoms with Gasteiger partial charge in [0.1, 0.15) is 11.2 Å². The number of aryl methyl sites for hydroxylation is 2. The van der Waals surface area contributed by atoms with E-state index < -0.39 is 6.43 Å². The molecule has 1 aliphatic rings. The van der Waals surface area contributed by atoms with Gasteiger partial charge in [0.15, 0.2) is 5.82 Å². The van der Waals surface area contributed by atoms with E-state index in [1.54, 1.807) is 55.6 Å². The van der Waals surface area contributed by atoms with Crippen molar-refractivity contribution in [2.75, 3.05) is 18.5 Å². The molecule has 1 aromatic carbocycles. The van der Waals surface area contributed by atoms with Crippen LogP contribution in [0, 0.1) is 0 Å². The minimum absolute atomic E-state index is 0.0617. The lowest BCUT2D eigenvalue weighted by Crippen LogP contribution is -2.27. The molecule has 0 unspecified atom stereocenters. The van der Waals surface area contributed by atoms with Crippen molar-refractivity contribution in [2.24, 2.45) is 7.05 Å². The van der Waals surface area contributed by atoms with Crippen molar-refractivity contribution in [1.29, 1.82) is 0 Å². The topological polar surface area (TPSA) is 75.9 Å². The van der Waals surface area contributed by atoms with E-state index in [0.717, 1.165) is 23.8 Å². The number of nitrogens with zero attached hydrogens (tertiary/aromatic N) is 5. The van der Waals surface area contributed by atoms with Crippen LogP contribution in [0.4, 0.5) is 20.3 Å². The summed E-state index contributed by atoms with van der Waals surface area (Å²) in [5, 5.41) is 7.50. The predicted octanol–water partition coefficient (Wildman–Crippen LogP) is 4.41. The van der Waals surface area contributed by atoms with Crippen LogP contribution in [0.15, 0.2) is 48.9 Å². The molecule has 0 radical (unpaired) electrons. The second-order valence-electron chi connectivity index (χ2n) is 8.01. The molecule has 168 valence electrons. The third-order valence-electron chi connectivity index (χ3n) is 5.91. The number of nitrogens with one attached hydrogen (secondary N) is 1. The standard InChI is InChI=1S/C24H22F2N6O/c1-27-24(33)19-10-15-5-3-7-28-21(15)23(30-19)32-8-4-6-14-9-17(16-12-29-31(2)13-16)18(22(25)26)11-20(14)32/h3,5,7,9-13,22H,4,6,8H2,1-2H3,(H,27,33). The third-order valence-corrected chi connectivity index (χ3v) is 5.91. The zero-order valence-corrected chi connectivity index (χ0v) is 18.2. The minimum atomic E-state index is -2.66. The van der Waals surface area contributed by atoms with Gasteiger partial charge >= 0.3 is 0 Å². The molecule has 0 saturated carbocycles. The molecule has 0 spiro atoms. The molecule has 1 N–H and O–H groups in total. The van der Waals surface area contributed by atoms with Gasteiger partial charge in [0.2, 0.25) is 0 Å². The van der Waals surface area contributed by atoms with Crippen LogP contribution < -0.4 is 10.2 Å². The van der Waals surface area contributed by atoms with Crippen molar-refractivity contribution in [3.63, 3.8) is 0 Å². The summed E-state index contributed by atoms with van der Waals surface area (Å²) in [7, 11) is 3.30. The summed E-state index contributed by atoms with van der Waals surface area (Å²) in [5.74, 6) is 0.168.